The Kier molecular flexibility index (Phi) is 9.69. The number of alkyl halides is 3. The Morgan fingerprint density at radius 3 is 2.03 bits per heavy atom. The summed E-state index contributed by atoms with van der Waals surface area (Å²) in [7, 11) is 0. The standard InChI is InChI=1S/C29H30F3IO5/c1-18-15-21(16-19(2)26(18)38-28(3,4)27(34)35)7-14-25(36-17-20-5-10-23(33)11-6-20)22-8-12-24(13-9-22)37-29(30,31)32/h5-6,8-13,15-16,25H,7,14,17H2,1-4H3,(H,34,35). The van der Waals surface area contributed by atoms with Crippen LogP contribution in [0.5, 0.6) is 11.5 Å². The number of aryl methyl sites for hydroxylation is 3. The van der Waals surface area contributed by atoms with Gasteiger partial charge in [-0.25, -0.2) is 4.79 Å². The smallest absolute Gasteiger partial charge is 0.478 e. The van der Waals surface area contributed by atoms with E-state index in [9.17, 15) is 23.1 Å². The summed E-state index contributed by atoms with van der Waals surface area (Å²) in [4.78, 5) is 11.5. The average molecular weight is 642 g/mol. The Morgan fingerprint density at radius 2 is 1.50 bits per heavy atom. The van der Waals surface area contributed by atoms with E-state index in [-0.39, 0.29) is 11.9 Å². The van der Waals surface area contributed by atoms with Crippen molar-refractivity contribution in [1.29, 1.82) is 0 Å². The number of hydrogen-bond acceptors (Lipinski definition) is 4. The van der Waals surface area contributed by atoms with Gasteiger partial charge in [0.2, 0.25) is 0 Å². The van der Waals surface area contributed by atoms with Gasteiger partial charge in [-0.15, -0.1) is 13.2 Å². The zero-order valence-electron chi connectivity index (χ0n) is 21.6. The lowest BCUT2D eigenvalue weighted by atomic mass is 9.97. The number of halogens is 4. The lowest BCUT2D eigenvalue weighted by Crippen LogP contribution is -2.38. The highest BCUT2D eigenvalue weighted by molar-refractivity contribution is 14.1. The van der Waals surface area contributed by atoms with Crippen molar-refractivity contribution in [3.05, 3.63) is 92.1 Å². The number of carbonyl (C=O) groups is 1. The number of hydrogen-bond donors (Lipinski definition) is 1. The molecule has 1 unspecified atom stereocenters. The van der Waals surface area contributed by atoms with Crippen LogP contribution in [-0.4, -0.2) is 23.0 Å². The first kappa shape index (κ1) is 29.8. The van der Waals surface area contributed by atoms with E-state index < -0.39 is 17.9 Å². The largest absolute Gasteiger partial charge is 0.573 e. The Balaban J connectivity index is 1.78. The molecule has 204 valence electrons. The molecule has 0 aromatic heterocycles. The minimum atomic E-state index is -4.76. The van der Waals surface area contributed by atoms with E-state index in [2.05, 4.69) is 27.3 Å². The summed E-state index contributed by atoms with van der Waals surface area (Å²) in [5.74, 6) is -0.809. The molecule has 1 atom stereocenters. The fraction of sp³-hybridized carbons (Fsp3) is 0.345. The molecule has 3 aromatic carbocycles. The molecular formula is C29H30F3IO5. The maximum absolute atomic E-state index is 12.6. The van der Waals surface area contributed by atoms with E-state index in [1.807, 2.05) is 50.2 Å². The molecule has 1 N–H and O–H groups in total. The third-order valence-electron chi connectivity index (χ3n) is 5.94. The van der Waals surface area contributed by atoms with Gasteiger partial charge in [-0.3, -0.25) is 0 Å². The topological polar surface area (TPSA) is 65.0 Å². The maximum Gasteiger partial charge on any atom is 0.573 e. The van der Waals surface area contributed by atoms with E-state index in [1.54, 1.807) is 12.1 Å². The lowest BCUT2D eigenvalue weighted by Gasteiger charge is -2.25. The van der Waals surface area contributed by atoms with Crippen molar-refractivity contribution in [3.8, 4) is 11.5 Å². The Hall–Kier alpha value is -2.79. The number of rotatable bonds is 11. The molecular weight excluding hydrogens is 612 g/mol. The molecule has 0 aliphatic carbocycles. The fourth-order valence-corrected chi connectivity index (χ4v) is 4.31. The van der Waals surface area contributed by atoms with Crippen molar-refractivity contribution in [2.45, 2.75) is 65.2 Å². The molecule has 0 heterocycles. The van der Waals surface area contributed by atoms with E-state index in [0.29, 0.717) is 25.2 Å². The molecule has 0 aliphatic heterocycles. The van der Waals surface area contributed by atoms with Crippen molar-refractivity contribution >= 4 is 28.6 Å². The quantitative estimate of drug-likeness (QED) is 0.215. The van der Waals surface area contributed by atoms with E-state index >= 15 is 0 Å². The van der Waals surface area contributed by atoms with Gasteiger partial charge in [-0.05, 0) is 115 Å². The summed E-state index contributed by atoms with van der Waals surface area (Å²) in [6.07, 6.45) is -3.93. The van der Waals surface area contributed by atoms with Crippen molar-refractivity contribution in [2.75, 3.05) is 0 Å². The van der Waals surface area contributed by atoms with E-state index in [0.717, 1.165) is 31.4 Å². The van der Waals surface area contributed by atoms with Gasteiger partial charge < -0.3 is 19.3 Å². The van der Waals surface area contributed by atoms with Gasteiger partial charge in [0, 0.05) is 3.57 Å². The predicted octanol–water partition coefficient (Wildman–Crippen LogP) is 7.94. The van der Waals surface area contributed by atoms with E-state index in [4.69, 9.17) is 9.47 Å². The van der Waals surface area contributed by atoms with Crippen LogP contribution < -0.4 is 9.47 Å². The number of aliphatic carboxylic acids is 1. The van der Waals surface area contributed by atoms with Gasteiger partial charge in [-0.2, -0.15) is 0 Å². The van der Waals surface area contributed by atoms with Gasteiger partial charge in [0.1, 0.15) is 11.5 Å². The number of carboxylic acid groups (broad SMARTS) is 1. The van der Waals surface area contributed by atoms with Crippen LogP contribution in [-0.2, 0) is 22.6 Å². The van der Waals surface area contributed by atoms with Crippen LogP contribution in [0.4, 0.5) is 13.2 Å². The number of carboxylic acids is 1. The van der Waals surface area contributed by atoms with Gasteiger partial charge in [0.05, 0.1) is 12.7 Å². The highest BCUT2D eigenvalue weighted by Crippen LogP contribution is 2.32. The van der Waals surface area contributed by atoms with Crippen molar-refractivity contribution in [3.63, 3.8) is 0 Å². The molecule has 0 saturated heterocycles. The minimum Gasteiger partial charge on any atom is -0.478 e. The Bertz CT molecular complexity index is 1220. The normalized spacial score (nSPS) is 12.7. The van der Waals surface area contributed by atoms with Crippen molar-refractivity contribution in [1.82, 2.24) is 0 Å². The summed E-state index contributed by atoms with van der Waals surface area (Å²) in [5.41, 5.74) is 3.01. The summed E-state index contributed by atoms with van der Waals surface area (Å²) < 4.78 is 54.9. The van der Waals surface area contributed by atoms with Crippen LogP contribution in [0.3, 0.4) is 0 Å². The first-order valence-corrected chi connectivity index (χ1v) is 13.1. The molecule has 0 aliphatic rings. The van der Waals surface area contributed by atoms with Gasteiger partial charge in [0.15, 0.2) is 5.60 Å². The summed E-state index contributed by atoms with van der Waals surface area (Å²) in [6, 6.07) is 17.6. The SMILES string of the molecule is Cc1cc(CCC(OCc2ccc(I)cc2)c2ccc(OC(F)(F)F)cc2)cc(C)c1OC(C)(C)C(=O)O. The molecule has 38 heavy (non-hydrogen) atoms. The average Bonchev–Trinajstić information content (AvgIpc) is 2.82. The van der Waals surface area contributed by atoms with Crippen LogP contribution >= 0.6 is 22.6 Å². The second-order valence-electron chi connectivity index (χ2n) is 9.56. The second kappa shape index (κ2) is 12.4. The maximum atomic E-state index is 12.6. The van der Waals surface area contributed by atoms with Crippen LogP contribution in [0, 0.1) is 17.4 Å². The van der Waals surface area contributed by atoms with Gasteiger partial charge >= 0.3 is 12.3 Å². The summed E-state index contributed by atoms with van der Waals surface area (Å²) in [5, 5.41) is 9.41. The third kappa shape index (κ3) is 8.62. The first-order chi connectivity index (χ1) is 17.7. The molecule has 0 fully saturated rings. The molecule has 0 saturated carbocycles. The predicted molar refractivity (Wildman–Crippen MR) is 146 cm³/mol. The lowest BCUT2D eigenvalue weighted by molar-refractivity contribution is -0.274. The Labute approximate surface area is 234 Å². The van der Waals surface area contributed by atoms with Gasteiger partial charge in [0.25, 0.3) is 0 Å². The highest BCUT2D eigenvalue weighted by Gasteiger charge is 2.31. The molecule has 0 bridgehead atoms. The highest BCUT2D eigenvalue weighted by atomic mass is 127. The van der Waals surface area contributed by atoms with E-state index in [1.165, 1.54) is 26.0 Å². The zero-order valence-corrected chi connectivity index (χ0v) is 23.7. The fourth-order valence-electron chi connectivity index (χ4n) is 3.95. The van der Waals surface area contributed by atoms with Crippen molar-refractivity contribution < 1.29 is 37.3 Å². The molecule has 0 radical (unpaired) electrons. The van der Waals surface area contributed by atoms with Crippen LogP contribution in [0.15, 0.2) is 60.7 Å². The van der Waals surface area contributed by atoms with Gasteiger partial charge in [-0.1, -0.05) is 36.4 Å². The summed E-state index contributed by atoms with van der Waals surface area (Å²) in [6.45, 7) is 7.09. The molecule has 0 amide bonds. The Morgan fingerprint density at radius 1 is 0.921 bits per heavy atom. The van der Waals surface area contributed by atoms with Crippen molar-refractivity contribution in [2.24, 2.45) is 0 Å². The van der Waals surface area contributed by atoms with Crippen LogP contribution in [0.1, 0.15) is 54.2 Å². The molecule has 0 spiro atoms. The molecule has 5 nitrogen and oxygen atoms in total. The zero-order chi connectivity index (χ0) is 28.1. The van der Waals surface area contributed by atoms with Crippen LogP contribution in [0.25, 0.3) is 0 Å². The third-order valence-corrected chi connectivity index (χ3v) is 6.66. The molecule has 9 heteroatoms. The second-order valence-corrected chi connectivity index (χ2v) is 10.8. The molecule has 3 rings (SSSR count). The first-order valence-electron chi connectivity index (χ1n) is 12.0. The minimum absolute atomic E-state index is 0.288. The molecule has 3 aromatic rings. The number of benzene rings is 3. The summed E-state index contributed by atoms with van der Waals surface area (Å²) >= 11 is 2.23. The van der Waals surface area contributed by atoms with Crippen LogP contribution in [0.2, 0.25) is 0 Å². The monoisotopic (exact) mass is 642 g/mol. The number of ether oxygens (including phenoxy) is 3.